The number of benzene rings is 3. The van der Waals surface area contributed by atoms with Crippen LogP contribution in [0.3, 0.4) is 0 Å². The molecule has 0 fully saturated rings. The standard InChI is InChI=1S/C24H19F2N3O2/c1-31-19-6-2-4-17(12-19)22-13-21(28-29-22)15-8-10-16(11-9-15)24(30)27-14-18-5-3-7-20(25)23(18)26/h2-13H,14H2,1H3,(H,27,30)(H,28,29). The van der Waals surface area contributed by atoms with Gasteiger partial charge in [-0.25, -0.2) is 8.78 Å². The van der Waals surface area contributed by atoms with Crippen LogP contribution in [0, 0.1) is 11.6 Å². The molecule has 0 bridgehead atoms. The second-order valence-electron chi connectivity index (χ2n) is 6.87. The van der Waals surface area contributed by atoms with Crippen LogP contribution >= 0.6 is 0 Å². The van der Waals surface area contributed by atoms with E-state index < -0.39 is 11.6 Å². The number of aromatic amines is 1. The summed E-state index contributed by atoms with van der Waals surface area (Å²) in [6.07, 6.45) is 0. The van der Waals surface area contributed by atoms with E-state index in [4.69, 9.17) is 4.74 Å². The van der Waals surface area contributed by atoms with Crippen LogP contribution in [0.15, 0.2) is 72.8 Å². The van der Waals surface area contributed by atoms with Crippen LogP contribution < -0.4 is 10.1 Å². The van der Waals surface area contributed by atoms with E-state index in [-0.39, 0.29) is 18.0 Å². The Hall–Kier alpha value is -4.00. The second kappa shape index (κ2) is 8.79. The van der Waals surface area contributed by atoms with Crippen molar-refractivity contribution in [3.63, 3.8) is 0 Å². The normalized spacial score (nSPS) is 10.7. The first-order chi connectivity index (χ1) is 15.0. The van der Waals surface area contributed by atoms with Crippen LogP contribution in [0.2, 0.25) is 0 Å². The number of rotatable bonds is 6. The fourth-order valence-corrected chi connectivity index (χ4v) is 3.16. The first-order valence-electron chi connectivity index (χ1n) is 9.56. The summed E-state index contributed by atoms with van der Waals surface area (Å²) in [7, 11) is 1.61. The molecule has 0 spiro atoms. The molecular weight excluding hydrogens is 400 g/mol. The summed E-state index contributed by atoms with van der Waals surface area (Å²) >= 11 is 0. The van der Waals surface area contributed by atoms with Crippen LogP contribution in [0.25, 0.3) is 22.5 Å². The summed E-state index contributed by atoms with van der Waals surface area (Å²) in [5, 5.41) is 9.95. The van der Waals surface area contributed by atoms with Crippen molar-refractivity contribution in [1.29, 1.82) is 0 Å². The number of hydrogen-bond donors (Lipinski definition) is 2. The number of hydrogen-bond acceptors (Lipinski definition) is 3. The minimum atomic E-state index is -0.954. The molecule has 0 radical (unpaired) electrons. The highest BCUT2D eigenvalue weighted by molar-refractivity contribution is 5.94. The zero-order chi connectivity index (χ0) is 21.8. The van der Waals surface area contributed by atoms with E-state index in [0.717, 1.165) is 34.3 Å². The molecule has 0 unspecified atom stereocenters. The van der Waals surface area contributed by atoms with Gasteiger partial charge in [-0.3, -0.25) is 9.89 Å². The van der Waals surface area contributed by atoms with E-state index in [1.807, 2.05) is 30.3 Å². The average molecular weight is 419 g/mol. The van der Waals surface area contributed by atoms with Crippen LogP contribution in [0.5, 0.6) is 5.75 Å². The van der Waals surface area contributed by atoms with Crippen molar-refractivity contribution >= 4 is 5.91 Å². The topological polar surface area (TPSA) is 67.0 Å². The molecule has 4 rings (SSSR count). The number of nitrogens with one attached hydrogen (secondary N) is 2. The SMILES string of the molecule is COc1cccc(-c2cc(-c3ccc(C(=O)NCc4cccc(F)c4F)cc3)[nH]n2)c1. The third-order valence-electron chi connectivity index (χ3n) is 4.87. The minimum absolute atomic E-state index is 0.0903. The Morgan fingerprint density at radius 1 is 1.00 bits per heavy atom. The van der Waals surface area contributed by atoms with E-state index in [0.29, 0.717) is 5.56 Å². The van der Waals surface area contributed by atoms with Gasteiger partial charge in [-0.1, -0.05) is 36.4 Å². The molecule has 156 valence electrons. The van der Waals surface area contributed by atoms with E-state index in [1.165, 1.54) is 12.1 Å². The molecule has 0 saturated heterocycles. The summed E-state index contributed by atoms with van der Waals surface area (Å²) in [5.74, 6) is -1.53. The van der Waals surface area contributed by atoms with E-state index in [2.05, 4.69) is 15.5 Å². The lowest BCUT2D eigenvalue weighted by molar-refractivity contribution is 0.0950. The van der Waals surface area contributed by atoms with Crippen molar-refractivity contribution < 1.29 is 18.3 Å². The number of nitrogens with zero attached hydrogens (tertiary/aromatic N) is 1. The highest BCUT2D eigenvalue weighted by atomic mass is 19.2. The molecule has 0 atom stereocenters. The van der Waals surface area contributed by atoms with Crippen molar-refractivity contribution in [3.05, 3.63) is 95.6 Å². The van der Waals surface area contributed by atoms with E-state index in [9.17, 15) is 13.6 Å². The fraction of sp³-hybridized carbons (Fsp3) is 0.0833. The number of amides is 1. The summed E-state index contributed by atoms with van der Waals surface area (Å²) < 4.78 is 32.2. The quantitative estimate of drug-likeness (QED) is 0.464. The highest BCUT2D eigenvalue weighted by Crippen LogP contribution is 2.26. The van der Waals surface area contributed by atoms with Gasteiger partial charge in [0.05, 0.1) is 18.5 Å². The largest absolute Gasteiger partial charge is 0.497 e. The Balaban J connectivity index is 1.45. The third kappa shape index (κ3) is 4.45. The maximum Gasteiger partial charge on any atom is 0.251 e. The average Bonchev–Trinajstić information content (AvgIpc) is 3.30. The molecule has 0 aliphatic carbocycles. The number of carbonyl (C=O) groups is 1. The Morgan fingerprint density at radius 3 is 2.55 bits per heavy atom. The minimum Gasteiger partial charge on any atom is -0.497 e. The monoisotopic (exact) mass is 419 g/mol. The van der Waals surface area contributed by atoms with E-state index >= 15 is 0 Å². The molecule has 1 heterocycles. The summed E-state index contributed by atoms with van der Waals surface area (Å²) in [6.45, 7) is -0.103. The molecular formula is C24H19F2N3O2. The predicted molar refractivity (Wildman–Crippen MR) is 114 cm³/mol. The molecule has 4 aromatic rings. The van der Waals surface area contributed by atoms with Crippen LogP contribution in [-0.2, 0) is 6.54 Å². The Bertz CT molecular complexity index is 1220. The van der Waals surface area contributed by atoms with Gasteiger partial charge in [-0.05, 0) is 42.0 Å². The van der Waals surface area contributed by atoms with Crippen molar-refractivity contribution in [2.45, 2.75) is 6.54 Å². The maximum absolute atomic E-state index is 13.7. The molecule has 7 heteroatoms. The number of H-pyrrole nitrogens is 1. The highest BCUT2D eigenvalue weighted by Gasteiger charge is 2.11. The van der Waals surface area contributed by atoms with Crippen LogP contribution in [-0.4, -0.2) is 23.2 Å². The molecule has 3 aromatic carbocycles. The van der Waals surface area contributed by atoms with Crippen LogP contribution in [0.4, 0.5) is 8.78 Å². The molecule has 0 aliphatic heterocycles. The van der Waals surface area contributed by atoms with Crippen molar-refractivity contribution in [1.82, 2.24) is 15.5 Å². The summed E-state index contributed by atoms with van der Waals surface area (Å²) in [5.41, 5.74) is 3.84. The molecule has 2 N–H and O–H groups in total. The molecule has 5 nitrogen and oxygen atoms in total. The van der Waals surface area contributed by atoms with Crippen molar-refractivity contribution in [2.24, 2.45) is 0 Å². The molecule has 1 amide bonds. The van der Waals surface area contributed by atoms with Gasteiger partial charge in [0.2, 0.25) is 0 Å². The second-order valence-corrected chi connectivity index (χ2v) is 6.87. The smallest absolute Gasteiger partial charge is 0.251 e. The lowest BCUT2D eigenvalue weighted by Gasteiger charge is -2.07. The number of methoxy groups -OCH3 is 1. The predicted octanol–water partition coefficient (Wildman–Crippen LogP) is 4.96. The molecule has 0 saturated carbocycles. The fourth-order valence-electron chi connectivity index (χ4n) is 3.16. The van der Waals surface area contributed by atoms with Crippen molar-refractivity contribution in [3.8, 4) is 28.3 Å². The van der Waals surface area contributed by atoms with Crippen LogP contribution in [0.1, 0.15) is 15.9 Å². The zero-order valence-electron chi connectivity index (χ0n) is 16.7. The van der Waals surface area contributed by atoms with Gasteiger partial charge in [-0.2, -0.15) is 5.10 Å². The molecule has 31 heavy (non-hydrogen) atoms. The van der Waals surface area contributed by atoms with Gasteiger partial charge in [0.1, 0.15) is 5.75 Å². The first-order valence-corrected chi connectivity index (χ1v) is 9.56. The summed E-state index contributed by atoms with van der Waals surface area (Å²) in [6, 6.07) is 20.3. The number of halogens is 2. The number of carbonyl (C=O) groups excluding carboxylic acids is 1. The van der Waals surface area contributed by atoms with Crippen molar-refractivity contribution in [2.75, 3.05) is 7.11 Å². The third-order valence-corrected chi connectivity index (χ3v) is 4.87. The first kappa shape index (κ1) is 20.3. The Morgan fingerprint density at radius 2 is 1.77 bits per heavy atom. The van der Waals surface area contributed by atoms with Gasteiger partial charge in [-0.15, -0.1) is 0 Å². The maximum atomic E-state index is 13.7. The Labute approximate surface area is 177 Å². The van der Waals surface area contributed by atoms with Gasteiger partial charge >= 0.3 is 0 Å². The lowest BCUT2D eigenvalue weighted by Crippen LogP contribution is -2.23. The van der Waals surface area contributed by atoms with Gasteiger partial charge in [0, 0.05) is 23.2 Å². The van der Waals surface area contributed by atoms with Gasteiger partial charge in [0.15, 0.2) is 11.6 Å². The summed E-state index contributed by atoms with van der Waals surface area (Å²) in [4.78, 5) is 12.4. The lowest BCUT2D eigenvalue weighted by atomic mass is 10.1. The van der Waals surface area contributed by atoms with Gasteiger partial charge in [0.25, 0.3) is 5.91 Å². The van der Waals surface area contributed by atoms with Gasteiger partial charge < -0.3 is 10.1 Å². The Kier molecular flexibility index (Phi) is 5.75. The van der Waals surface area contributed by atoms with E-state index in [1.54, 1.807) is 31.4 Å². The molecule has 1 aromatic heterocycles. The zero-order valence-corrected chi connectivity index (χ0v) is 16.7. The number of aromatic nitrogens is 2. The molecule has 0 aliphatic rings. The number of ether oxygens (including phenoxy) is 1.